The van der Waals surface area contributed by atoms with E-state index in [1.165, 1.54) is 0 Å². The Labute approximate surface area is 56.3 Å². The van der Waals surface area contributed by atoms with Crippen molar-refractivity contribution in [3.05, 3.63) is 0 Å². The van der Waals surface area contributed by atoms with Crippen LogP contribution in [0.3, 0.4) is 0 Å². The first-order valence-corrected chi connectivity index (χ1v) is 3.54. The van der Waals surface area contributed by atoms with Gasteiger partial charge >= 0.3 is 0 Å². The van der Waals surface area contributed by atoms with Crippen LogP contribution in [0.2, 0.25) is 0 Å². The number of hydrogen-bond donors (Lipinski definition) is 2. The summed E-state index contributed by atoms with van der Waals surface area (Å²) in [4.78, 5) is 0. The summed E-state index contributed by atoms with van der Waals surface area (Å²) in [7, 11) is 1.95. The summed E-state index contributed by atoms with van der Waals surface area (Å²) in [5.41, 5.74) is -0.395. The van der Waals surface area contributed by atoms with Gasteiger partial charge in [-0.15, -0.1) is 0 Å². The molecule has 2 heteroatoms. The van der Waals surface area contributed by atoms with Gasteiger partial charge in [0.2, 0.25) is 0 Å². The van der Waals surface area contributed by atoms with Crippen molar-refractivity contribution in [1.82, 2.24) is 5.32 Å². The highest BCUT2D eigenvalue weighted by Gasteiger charge is 2.31. The van der Waals surface area contributed by atoms with E-state index in [0.717, 1.165) is 19.3 Å². The van der Waals surface area contributed by atoms with Crippen molar-refractivity contribution in [1.29, 1.82) is 0 Å². The molecule has 0 bridgehead atoms. The first-order chi connectivity index (χ1) is 4.14. The van der Waals surface area contributed by atoms with Gasteiger partial charge in [-0.25, -0.2) is 0 Å². The van der Waals surface area contributed by atoms with E-state index in [2.05, 4.69) is 5.32 Å². The molecule has 0 aliphatic heterocycles. The molecule has 1 saturated carbocycles. The molecule has 0 aromatic heterocycles. The molecule has 2 nitrogen and oxygen atoms in total. The third-order valence-electron chi connectivity index (χ3n) is 2.13. The molecular formula is C7H15NO. The fourth-order valence-electron chi connectivity index (χ4n) is 1.47. The maximum atomic E-state index is 9.46. The van der Waals surface area contributed by atoms with Crippen LogP contribution in [0.25, 0.3) is 0 Å². The summed E-state index contributed by atoms with van der Waals surface area (Å²) in [6.45, 7) is 1.91. The number of rotatable bonds is 1. The van der Waals surface area contributed by atoms with E-state index in [-0.39, 0.29) is 0 Å². The van der Waals surface area contributed by atoms with E-state index < -0.39 is 5.60 Å². The summed E-state index contributed by atoms with van der Waals surface area (Å²) in [5, 5.41) is 12.6. The van der Waals surface area contributed by atoms with Gasteiger partial charge in [-0.05, 0) is 33.2 Å². The SMILES string of the molecule is CN[C@H]1CC[C@](C)(O)C1. The molecule has 1 aliphatic rings. The van der Waals surface area contributed by atoms with Gasteiger partial charge in [-0.1, -0.05) is 0 Å². The highest BCUT2D eigenvalue weighted by Crippen LogP contribution is 2.28. The molecule has 0 spiro atoms. The monoisotopic (exact) mass is 129 g/mol. The zero-order valence-electron chi connectivity index (χ0n) is 6.15. The molecule has 0 saturated heterocycles. The van der Waals surface area contributed by atoms with Crippen LogP contribution in [0.15, 0.2) is 0 Å². The van der Waals surface area contributed by atoms with Gasteiger partial charge < -0.3 is 10.4 Å². The topological polar surface area (TPSA) is 32.3 Å². The Morgan fingerprint density at radius 1 is 1.67 bits per heavy atom. The second-order valence-electron chi connectivity index (χ2n) is 3.23. The molecule has 9 heavy (non-hydrogen) atoms. The third-order valence-corrected chi connectivity index (χ3v) is 2.13. The quantitative estimate of drug-likeness (QED) is 0.540. The summed E-state index contributed by atoms with van der Waals surface area (Å²) in [6.07, 6.45) is 2.96. The molecule has 0 heterocycles. The van der Waals surface area contributed by atoms with Crippen molar-refractivity contribution < 1.29 is 5.11 Å². The van der Waals surface area contributed by atoms with E-state index in [1.54, 1.807) is 0 Å². The third kappa shape index (κ3) is 1.66. The Balaban J connectivity index is 2.38. The Hall–Kier alpha value is -0.0800. The molecule has 0 amide bonds. The zero-order chi connectivity index (χ0) is 6.91. The second-order valence-corrected chi connectivity index (χ2v) is 3.23. The van der Waals surface area contributed by atoms with E-state index in [1.807, 2.05) is 14.0 Å². The molecule has 1 aliphatic carbocycles. The molecule has 0 radical (unpaired) electrons. The maximum absolute atomic E-state index is 9.46. The minimum Gasteiger partial charge on any atom is -0.390 e. The van der Waals surface area contributed by atoms with Gasteiger partial charge in [-0.3, -0.25) is 0 Å². The molecule has 2 N–H and O–H groups in total. The van der Waals surface area contributed by atoms with Crippen LogP contribution in [0.1, 0.15) is 26.2 Å². The molecule has 54 valence electrons. The first-order valence-electron chi connectivity index (χ1n) is 3.54. The van der Waals surface area contributed by atoms with Gasteiger partial charge in [0, 0.05) is 6.04 Å². The minimum absolute atomic E-state index is 0.395. The van der Waals surface area contributed by atoms with Crippen molar-refractivity contribution >= 4 is 0 Å². The van der Waals surface area contributed by atoms with E-state index in [0.29, 0.717) is 6.04 Å². The Bertz CT molecular complexity index is 101. The summed E-state index contributed by atoms with van der Waals surface area (Å²) < 4.78 is 0. The molecule has 0 aromatic rings. The van der Waals surface area contributed by atoms with Gasteiger partial charge in [0.15, 0.2) is 0 Å². The van der Waals surface area contributed by atoms with Gasteiger partial charge in [0.25, 0.3) is 0 Å². The molecule has 0 aromatic carbocycles. The largest absolute Gasteiger partial charge is 0.390 e. The summed E-state index contributed by atoms with van der Waals surface area (Å²) in [6, 6.07) is 0.542. The van der Waals surface area contributed by atoms with Crippen LogP contribution in [-0.4, -0.2) is 23.8 Å². The predicted octanol–water partition coefficient (Wildman–Crippen LogP) is 0.509. The normalized spacial score (nSPS) is 43.7. The lowest BCUT2D eigenvalue weighted by atomic mass is 10.1. The highest BCUT2D eigenvalue weighted by atomic mass is 16.3. The standard InChI is InChI=1S/C7H15NO/c1-7(9)4-3-6(5-7)8-2/h6,8-9H,3-5H2,1-2H3/t6-,7-/m0/s1. The molecular weight excluding hydrogens is 114 g/mol. The van der Waals surface area contributed by atoms with E-state index >= 15 is 0 Å². The molecule has 2 atom stereocenters. The fourth-order valence-corrected chi connectivity index (χ4v) is 1.47. The second kappa shape index (κ2) is 2.27. The predicted molar refractivity (Wildman–Crippen MR) is 37.3 cm³/mol. The summed E-state index contributed by atoms with van der Waals surface area (Å²) in [5.74, 6) is 0. The van der Waals surface area contributed by atoms with Crippen molar-refractivity contribution in [3.8, 4) is 0 Å². The molecule has 1 rings (SSSR count). The van der Waals surface area contributed by atoms with Gasteiger partial charge in [0.1, 0.15) is 0 Å². The zero-order valence-corrected chi connectivity index (χ0v) is 6.15. The van der Waals surface area contributed by atoms with Crippen molar-refractivity contribution in [3.63, 3.8) is 0 Å². The van der Waals surface area contributed by atoms with Crippen LogP contribution in [0, 0.1) is 0 Å². The lowest BCUT2D eigenvalue weighted by Crippen LogP contribution is -2.26. The fraction of sp³-hybridized carbons (Fsp3) is 1.00. The van der Waals surface area contributed by atoms with Crippen molar-refractivity contribution in [2.75, 3.05) is 7.05 Å². The Morgan fingerprint density at radius 2 is 2.33 bits per heavy atom. The van der Waals surface area contributed by atoms with Crippen LogP contribution < -0.4 is 5.32 Å². The number of hydrogen-bond acceptors (Lipinski definition) is 2. The van der Waals surface area contributed by atoms with E-state index in [4.69, 9.17) is 0 Å². The smallest absolute Gasteiger partial charge is 0.0635 e. The van der Waals surface area contributed by atoms with Crippen LogP contribution in [0.5, 0.6) is 0 Å². The van der Waals surface area contributed by atoms with Gasteiger partial charge in [0.05, 0.1) is 5.60 Å². The first kappa shape index (κ1) is 7.03. The lowest BCUT2D eigenvalue weighted by molar-refractivity contribution is 0.0657. The van der Waals surface area contributed by atoms with Crippen LogP contribution in [0.4, 0.5) is 0 Å². The highest BCUT2D eigenvalue weighted by molar-refractivity contribution is 4.88. The lowest BCUT2D eigenvalue weighted by Gasteiger charge is -2.15. The summed E-state index contributed by atoms with van der Waals surface area (Å²) >= 11 is 0. The molecule has 1 fully saturated rings. The van der Waals surface area contributed by atoms with Crippen LogP contribution >= 0.6 is 0 Å². The van der Waals surface area contributed by atoms with Crippen molar-refractivity contribution in [2.45, 2.75) is 37.8 Å². The number of nitrogens with one attached hydrogen (secondary N) is 1. The number of aliphatic hydroxyl groups is 1. The Kier molecular flexibility index (Phi) is 1.78. The van der Waals surface area contributed by atoms with E-state index in [9.17, 15) is 5.11 Å². The van der Waals surface area contributed by atoms with Gasteiger partial charge in [-0.2, -0.15) is 0 Å². The maximum Gasteiger partial charge on any atom is 0.0635 e. The Morgan fingerprint density at radius 3 is 2.56 bits per heavy atom. The molecule has 0 unspecified atom stereocenters. The van der Waals surface area contributed by atoms with Crippen LogP contribution in [-0.2, 0) is 0 Å². The average Bonchev–Trinajstić information content (AvgIpc) is 2.10. The average molecular weight is 129 g/mol. The van der Waals surface area contributed by atoms with Crippen molar-refractivity contribution in [2.24, 2.45) is 0 Å². The minimum atomic E-state index is -0.395.